The van der Waals surface area contributed by atoms with Crippen molar-refractivity contribution >= 4 is 5.91 Å². The molecule has 1 atom stereocenters. The van der Waals surface area contributed by atoms with Crippen molar-refractivity contribution in [3.63, 3.8) is 0 Å². The molecule has 24 heavy (non-hydrogen) atoms. The van der Waals surface area contributed by atoms with E-state index in [0.29, 0.717) is 24.7 Å². The summed E-state index contributed by atoms with van der Waals surface area (Å²) in [6.07, 6.45) is 2.33. The minimum absolute atomic E-state index is 0.00725. The Morgan fingerprint density at radius 3 is 2.79 bits per heavy atom. The Balaban J connectivity index is 1.60. The van der Waals surface area contributed by atoms with Crippen molar-refractivity contribution in [1.29, 1.82) is 0 Å². The van der Waals surface area contributed by atoms with Crippen LogP contribution in [-0.2, 0) is 11.2 Å². The fraction of sp³-hybridized carbons (Fsp3) is 0.421. The van der Waals surface area contributed by atoms with Crippen molar-refractivity contribution < 1.29 is 9.53 Å². The molecule has 0 bridgehead atoms. The zero-order valence-corrected chi connectivity index (χ0v) is 14.2. The zero-order chi connectivity index (χ0) is 16.9. The molecule has 126 valence electrons. The highest BCUT2D eigenvalue weighted by Crippen LogP contribution is 2.18. The molecule has 1 saturated heterocycles. The van der Waals surface area contributed by atoms with Gasteiger partial charge in [-0.2, -0.15) is 4.98 Å². The van der Waals surface area contributed by atoms with E-state index in [9.17, 15) is 4.79 Å². The number of carbonyl (C=O) groups is 1. The molecule has 1 unspecified atom stereocenters. The van der Waals surface area contributed by atoms with Gasteiger partial charge in [-0.05, 0) is 32.3 Å². The fourth-order valence-corrected chi connectivity index (χ4v) is 3.06. The molecule has 0 spiro atoms. The number of carbonyl (C=O) groups excluding carboxylic acids is 1. The number of benzene rings is 1. The molecule has 1 aromatic carbocycles. The number of likely N-dealkylation sites (tertiary alicyclic amines) is 1. The second-order valence-electron chi connectivity index (χ2n) is 6.28. The van der Waals surface area contributed by atoms with Crippen LogP contribution in [0.1, 0.15) is 29.9 Å². The largest absolute Gasteiger partial charge is 0.472 e. The minimum Gasteiger partial charge on any atom is -0.472 e. The van der Waals surface area contributed by atoms with Crippen LogP contribution in [0.5, 0.6) is 5.88 Å². The Hall–Kier alpha value is -2.43. The standard InChI is InChI=1S/C19H23N3O2/c1-14-11-18(21-15(2)20-14)24-17-9-6-10-22(13-17)19(23)12-16-7-4-3-5-8-16/h3-5,7-8,11,17H,6,9-10,12-13H2,1-2H3. The first-order chi connectivity index (χ1) is 11.6. The fourth-order valence-electron chi connectivity index (χ4n) is 3.06. The van der Waals surface area contributed by atoms with Gasteiger partial charge in [-0.25, -0.2) is 4.98 Å². The van der Waals surface area contributed by atoms with Crippen LogP contribution in [0.15, 0.2) is 36.4 Å². The third kappa shape index (κ3) is 4.31. The summed E-state index contributed by atoms with van der Waals surface area (Å²) in [5.41, 5.74) is 1.94. The van der Waals surface area contributed by atoms with Crippen LogP contribution >= 0.6 is 0 Å². The maximum absolute atomic E-state index is 12.5. The molecule has 1 fully saturated rings. The van der Waals surface area contributed by atoms with E-state index in [0.717, 1.165) is 30.6 Å². The van der Waals surface area contributed by atoms with Gasteiger partial charge in [0.05, 0.1) is 13.0 Å². The van der Waals surface area contributed by atoms with Gasteiger partial charge in [0.15, 0.2) is 0 Å². The molecule has 1 aliphatic rings. The maximum Gasteiger partial charge on any atom is 0.227 e. The van der Waals surface area contributed by atoms with Crippen molar-refractivity contribution in [2.45, 2.75) is 39.2 Å². The van der Waals surface area contributed by atoms with Gasteiger partial charge in [0, 0.05) is 18.3 Å². The Kier molecular flexibility index (Phi) is 5.08. The predicted octanol–water partition coefficient (Wildman–Crippen LogP) is 2.71. The van der Waals surface area contributed by atoms with Gasteiger partial charge in [-0.15, -0.1) is 0 Å². The second kappa shape index (κ2) is 7.43. The molecule has 3 rings (SSSR count). The molecule has 0 radical (unpaired) electrons. The summed E-state index contributed by atoms with van der Waals surface area (Å²) in [5.74, 6) is 1.46. The first kappa shape index (κ1) is 16.4. The molecular formula is C19H23N3O2. The second-order valence-corrected chi connectivity index (χ2v) is 6.28. The van der Waals surface area contributed by atoms with E-state index in [-0.39, 0.29) is 12.0 Å². The highest BCUT2D eigenvalue weighted by molar-refractivity contribution is 5.78. The number of ether oxygens (including phenoxy) is 1. The molecule has 1 aromatic heterocycles. The summed E-state index contributed by atoms with van der Waals surface area (Å²) in [5, 5.41) is 0. The summed E-state index contributed by atoms with van der Waals surface area (Å²) in [7, 11) is 0. The maximum atomic E-state index is 12.5. The molecule has 0 N–H and O–H groups in total. The van der Waals surface area contributed by atoms with E-state index in [2.05, 4.69) is 9.97 Å². The summed E-state index contributed by atoms with van der Waals surface area (Å²) in [4.78, 5) is 23.0. The first-order valence-electron chi connectivity index (χ1n) is 8.41. The Morgan fingerprint density at radius 2 is 2.04 bits per heavy atom. The quantitative estimate of drug-likeness (QED) is 0.867. The van der Waals surface area contributed by atoms with Crippen molar-refractivity contribution in [1.82, 2.24) is 14.9 Å². The number of hydrogen-bond donors (Lipinski definition) is 0. The van der Waals surface area contributed by atoms with Crippen molar-refractivity contribution in [2.24, 2.45) is 0 Å². The smallest absolute Gasteiger partial charge is 0.227 e. The van der Waals surface area contributed by atoms with Crippen LogP contribution in [0.3, 0.4) is 0 Å². The average molecular weight is 325 g/mol. The average Bonchev–Trinajstić information content (AvgIpc) is 2.55. The van der Waals surface area contributed by atoms with Crippen LogP contribution in [0.25, 0.3) is 0 Å². The number of amides is 1. The SMILES string of the molecule is Cc1cc(OC2CCCN(C(=O)Cc3ccccc3)C2)nc(C)n1. The molecule has 0 aliphatic carbocycles. The lowest BCUT2D eigenvalue weighted by Gasteiger charge is -2.32. The summed E-state index contributed by atoms with van der Waals surface area (Å²) < 4.78 is 6.00. The minimum atomic E-state index is -0.00725. The van der Waals surface area contributed by atoms with Crippen LogP contribution in [0, 0.1) is 13.8 Å². The van der Waals surface area contributed by atoms with E-state index in [1.54, 1.807) is 0 Å². The molecule has 1 aliphatic heterocycles. The number of nitrogens with zero attached hydrogens (tertiary/aromatic N) is 3. The predicted molar refractivity (Wildman–Crippen MR) is 91.9 cm³/mol. The van der Waals surface area contributed by atoms with Gasteiger partial charge in [0.1, 0.15) is 11.9 Å². The van der Waals surface area contributed by atoms with Gasteiger partial charge < -0.3 is 9.64 Å². The van der Waals surface area contributed by atoms with Crippen LogP contribution in [-0.4, -0.2) is 40.0 Å². The zero-order valence-electron chi connectivity index (χ0n) is 14.2. The molecule has 1 amide bonds. The van der Waals surface area contributed by atoms with Gasteiger partial charge in [-0.3, -0.25) is 4.79 Å². The van der Waals surface area contributed by atoms with E-state index in [4.69, 9.17) is 4.74 Å². The first-order valence-corrected chi connectivity index (χ1v) is 8.41. The van der Waals surface area contributed by atoms with Crippen LogP contribution < -0.4 is 4.74 Å². The van der Waals surface area contributed by atoms with E-state index in [1.807, 2.05) is 55.1 Å². The summed E-state index contributed by atoms with van der Waals surface area (Å²) in [6, 6.07) is 11.7. The van der Waals surface area contributed by atoms with Gasteiger partial charge in [0.25, 0.3) is 0 Å². The van der Waals surface area contributed by atoms with Crippen LogP contribution in [0.2, 0.25) is 0 Å². The van der Waals surface area contributed by atoms with Crippen molar-refractivity contribution in [3.8, 4) is 5.88 Å². The summed E-state index contributed by atoms with van der Waals surface area (Å²) >= 11 is 0. The summed E-state index contributed by atoms with van der Waals surface area (Å²) in [6.45, 7) is 5.20. The Morgan fingerprint density at radius 1 is 1.25 bits per heavy atom. The Bertz CT molecular complexity index is 683. The third-order valence-electron chi connectivity index (χ3n) is 4.16. The molecule has 5 heteroatoms. The Labute approximate surface area is 142 Å². The van der Waals surface area contributed by atoms with Gasteiger partial charge >= 0.3 is 0 Å². The van der Waals surface area contributed by atoms with Crippen molar-refractivity contribution in [3.05, 3.63) is 53.5 Å². The molecule has 0 saturated carbocycles. The molecular weight excluding hydrogens is 302 g/mol. The lowest BCUT2D eigenvalue weighted by atomic mass is 10.1. The molecule has 2 aromatic rings. The highest BCUT2D eigenvalue weighted by atomic mass is 16.5. The number of aromatic nitrogens is 2. The van der Waals surface area contributed by atoms with Gasteiger partial charge in [0.2, 0.25) is 11.8 Å². The van der Waals surface area contributed by atoms with E-state index in [1.165, 1.54) is 0 Å². The third-order valence-corrected chi connectivity index (χ3v) is 4.16. The van der Waals surface area contributed by atoms with E-state index < -0.39 is 0 Å². The highest BCUT2D eigenvalue weighted by Gasteiger charge is 2.25. The topological polar surface area (TPSA) is 55.3 Å². The monoisotopic (exact) mass is 325 g/mol. The number of aryl methyl sites for hydroxylation is 2. The molecule has 5 nitrogen and oxygen atoms in total. The van der Waals surface area contributed by atoms with Crippen LogP contribution in [0.4, 0.5) is 0 Å². The lowest BCUT2D eigenvalue weighted by Crippen LogP contribution is -2.45. The van der Waals surface area contributed by atoms with Gasteiger partial charge in [-0.1, -0.05) is 30.3 Å². The van der Waals surface area contributed by atoms with Crippen molar-refractivity contribution in [2.75, 3.05) is 13.1 Å². The lowest BCUT2D eigenvalue weighted by molar-refractivity contribution is -0.133. The number of hydrogen-bond acceptors (Lipinski definition) is 4. The molecule has 2 heterocycles. The number of rotatable bonds is 4. The normalized spacial score (nSPS) is 17.6. The number of piperidine rings is 1. The van der Waals surface area contributed by atoms with E-state index >= 15 is 0 Å².